The van der Waals surface area contributed by atoms with Crippen LogP contribution in [0.25, 0.3) is 0 Å². The summed E-state index contributed by atoms with van der Waals surface area (Å²) in [6, 6.07) is 4.76. The van der Waals surface area contributed by atoms with Crippen molar-refractivity contribution >= 4 is 37.8 Å². The van der Waals surface area contributed by atoms with E-state index in [-0.39, 0.29) is 17.1 Å². The standard InChI is InChI=1S/C12H15Br2NO2/c1-12(2,6-13)7-15-11(17)8-3-4-9(14)10(16)5-8/h3-5,16H,6-7H2,1-2H3,(H,15,17). The second kappa shape index (κ2) is 5.87. The molecule has 0 heterocycles. The molecule has 3 nitrogen and oxygen atoms in total. The lowest BCUT2D eigenvalue weighted by Gasteiger charge is -2.21. The number of rotatable bonds is 4. The van der Waals surface area contributed by atoms with E-state index in [2.05, 4.69) is 51.0 Å². The highest BCUT2D eigenvalue weighted by molar-refractivity contribution is 9.10. The minimum Gasteiger partial charge on any atom is -0.507 e. The summed E-state index contributed by atoms with van der Waals surface area (Å²) in [6.45, 7) is 4.69. The zero-order chi connectivity index (χ0) is 13.1. The number of phenols is 1. The van der Waals surface area contributed by atoms with Crippen LogP contribution in [0, 0.1) is 5.41 Å². The third kappa shape index (κ3) is 4.32. The number of amides is 1. The maximum atomic E-state index is 11.8. The Morgan fingerprint density at radius 1 is 1.47 bits per heavy atom. The summed E-state index contributed by atoms with van der Waals surface area (Å²) in [6.07, 6.45) is 0. The Morgan fingerprint density at radius 3 is 2.65 bits per heavy atom. The molecule has 0 aliphatic heterocycles. The molecule has 2 N–H and O–H groups in total. The second-order valence-corrected chi connectivity index (χ2v) is 6.06. The monoisotopic (exact) mass is 363 g/mol. The summed E-state index contributed by atoms with van der Waals surface area (Å²) in [5.74, 6) is -0.112. The number of halogens is 2. The molecular weight excluding hydrogens is 350 g/mol. The van der Waals surface area contributed by atoms with Gasteiger partial charge in [0.2, 0.25) is 0 Å². The molecule has 0 aliphatic rings. The van der Waals surface area contributed by atoms with E-state index in [0.717, 1.165) is 5.33 Å². The third-order valence-corrected chi connectivity index (χ3v) is 4.49. The van der Waals surface area contributed by atoms with E-state index in [1.54, 1.807) is 12.1 Å². The fraction of sp³-hybridized carbons (Fsp3) is 0.417. The Hall–Kier alpha value is -0.550. The van der Waals surface area contributed by atoms with Crippen LogP contribution < -0.4 is 5.32 Å². The lowest BCUT2D eigenvalue weighted by molar-refractivity contribution is 0.0940. The summed E-state index contributed by atoms with van der Waals surface area (Å²) < 4.78 is 0.579. The van der Waals surface area contributed by atoms with Gasteiger partial charge >= 0.3 is 0 Å². The van der Waals surface area contributed by atoms with Crippen molar-refractivity contribution in [2.75, 3.05) is 11.9 Å². The van der Waals surface area contributed by atoms with E-state index < -0.39 is 0 Å². The summed E-state index contributed by atoms with van der Waals surface area (Å²) in [4.78, 5) is 11.8. The molecule has 1 rings (SSSR count). The lowest BCUT2D eigenvalue weighted by Crippen LogP contribution is -2.34. The van der Waals surface area contributed by atoms with Gasteiger partial charge in [0.25, 0.3) is 5.91 Å². The number of benzene rings is 1. The van der Waals surface area contributed by atoms with Crippen LogP contribution in [0.1, 0.15) is 24.2 Å². The van der Waals surface area contributed by atoms with Crippen LogP contribution in [0.4, 0.5) is 0 Å². The van der Waals surface area contributed by atoms with Crippen LogP contribution in [-0.4, -0.2) is 22.9 Å². The second-order valence-electron chi connectivity index (χ2n) is 4.65. The van der Waals surface area contributed by atoms with Gasteiger partial charge < -0.3 is 10.4 Å². The van der Waals surface area contributed by atoms with Crippen molar-refractivity contribution in [2.45, 2.75) is 13.8 Å². The number of carbonyl (C=O) groups is 1. The summed E-state index contributed by atoms with van der Waals surface area (Å²) >= 11 is 6.57. The van der Waals surface area contributed by atoms with Gasteiger partial charge in [-0.25, -0.2) is 0 Å². The van der Waals surface area contributed by atoms with Gasteiger partial charge in [0, 0.05) is 17.4 Å². The topological polar surface area (TPSA) is 49.3 Å². The van der Waals surface area contributed by atoms with Crippen molar-refractivity contribution in [3.05, 3.63) is 28.2 Å². The van der Waals surface area contributed by atoms with Crippen molar-refractivity contribution in [3.63, 3.8) is 0 Å². The highest BCUT2D eigenvalue weighted by Gasteiger charge is 2.17. The van der Waals surface area contributed by atoms with Gasteiger partial charge in [0.1, 0.15) is 5.75 Å². The summed E-state index contributed by atoms with van der Waals surface area (Å²) in [7, 11) is 0. The number of aromatic hydroxyl groups is 1. The molecule has 1 aromatic carbocycles. The van der Waals surface area contributed by atoms with Crippen LogP contribution in [0.3, 0.4) is 0 Å². The quantitative estimate of drug-likeness (QED) is 0.805. The summed E-state index contributed by atoms with van der Waals surface area (Å²) in [5.41, 5.74) is 0.462. The SMILES string of the molecule is CC(C)(CBr)CNC(=O)c1ccc(Br)c(O)c1. The number of carbonyl (C=O) groups excluding carboxylic acids is 1. The molecule has 17 heavy (non-hydrogen) atoms. The maximum absolute atomic E-state index is 11.8. The van der Waals surface area contributed by atoms with Crippen molar-refractivity contribution < 1.29 is 9.90 Å². The first kappa shape index (κ1) is 14.5. The van der Waals surface area contributed by atoms with Crippen LogP contribution in [0.5, 0.6) is 5.75 Å². The van der Waals surface area contributed by atoms with Crippen LogP contribution in [-0.2, 0) is 0 Å². The number of hydrogen-bond donors (Lipinski definition) is 2. The third-order valence-electron chi connectivity index (χ3n) is 2.30. The first-order valence-electron chi connectivity index (χ1n) is 5.18. The molecule has 0 atom stereocenters. The van der Waals surface area contributed by atoms with Crippen LogP contribution in [0.2, 0.25) is 0 Å². The first-order valence-corrected chi connectivity index (χ1v) is 7.10. The molecule has 5 heteroatoms. The Balaban J connectivity index is 2.68. The predicted octanol–water partition coefficient (Wildman–Crippen LogP) is 3.31. The van der Waals surface area contributed by atoms with Gasteiger partial charge in [-0.05, 0) is 39.5 Å². The Bertz CT molecular complexity index is 419. The Morgan fingerprint density at radius 2 is 2.12 bits per heavy atom. The zero-order valence-corrected chi connectivity index (χ0v) is 12.9. The number of hydrogen-bond acceptors (Lipinski definition) is 2. The van der Waals surface area contributed by atoms with Crippen molar-refractivity contribution in [1.29, 1.82) is 0 Å². The van der Waals surface area contributed by atoms with E-state index in [9.17, 15) is 9.90 Å². The molecule has 0 spiro atoms. The fourth-order valence-corrected chi connectivity index (χ4v) is 1.57. The molecule has 0 fully saturated rings. The van der Waals surface area contributed by atoms with Gasteiger partial charge in [-0.2, -0.15) is 0 Å². The van der Waals surface area contributed by atoms with Gasteiger partial charge in [0.05, 0.1) is 4.47 Å². The average molecular weight is 365 g/mol. The number of phenolic OH excluding ortho intramolecular Hbond substituents is 1. The van der Waals surface area contributed by atoms with Crippen LogP contribution >= 0.6 is 31.9 Å². The van der Waals surface area contributed by atoms with Crippen LogP contribution in [0.15, 0.2) is 22.7 Å². The molecule has 0 bridgehead atoms. The smallest absolute Gasteiger partial charge is 0.251 e. The van der Waals surface area contributed by atoms with Gasteiger partial charge in [-0.3, -0.25) is 4.79 Å². The molecule has 0 radical (unpaired) electrons. The molecule has 0 aliphatic carbocycles. The highest BCUT2D eigenvalue weighted by atomic mass is 79.9. The van der Waals surface area contributed by atoms with E-state index in [0.29, 0.717) is 16.6 Å². The highest BCUT2D eigenvalue weighted by Crippen LogP contribution is 2.24. The molecular formula is C12H15Br2NO2. The van der Waals surface area contributed by atoms with E-state index >= 15 is 0 Å². The Kier molecular flexibility index (Phi) is 5.01. The van der Waals surface area contributed by atoms with Gasteiger partial charge in [-0.1, -0.05) is 29.8 Å². The lowest BCUT2D eigenvalue weighted by atomic mass is 9.97. The molecule has 0 aromatic heterocycles. The zero-order valence-electron chi connectivity index (χ0n) is 9.76. The van der Waals surface area contributed by atoms with E-state index in [4.69, 9.17) is 0 Å². The van der Waals surface area contributed by atoms with Crippen molar-refractivity contribution in [3.8, 4) is 5.75 Å². The van der Waals surface area contributed by atoms with Crippen molar-refractivity contribution in [2.24, 2.45) is 5.41 Å². The maximum Gasteiger partial charge on any atom is 0.251 e. The molecule has 0 saturated carbocycles. The minimum atomic E-state index is -0.179. The molecule has 0 saturated heterocycles. The normalized spacial score (nSPS) is 11.3. The fourth-order valence-electron chi connectivity index (χ4n) is 1.12. The molecule has 1 aromatic rings. The van der Waals surface area contributed by atoms with E-state index in [1.807, 2.05) is 0 Å². The minimum absolute atomic E-state index is 0.00701. The summed E-state index contributed by atoms with van der Waals surface area (Å²) in [5, 5.41) is 13.1. The predicted molar refractivity (Wildman–Crippen MR) is 75.7 cm³/mol. The van der Waals surface area contributed by atoms with Gasteiger partial charge in [0.15, 0.2) is 0 Å². The largest absolute Gasteiger partial charge is 0.507 e. The first-order chi connectivity index (χ1) is 7.85. The van der Waals surface area contributed by atoms with Gasteiger partial charge in [-0.15, -0.1) is 0 Å². The molecule has 0 unspecified atom stereocenters. The van der Waals surface area contributed by atoms with Crippen molar-refractivity contribution in [1.82, 2.24) is 5.32 Å². The number of nitrogens with one attached hydrogen (secondary N) is 1. The molecule has 1 amide bonds. The van der Waals surface area contributed by atoms with E-state index in [1.165, 1.54) is 6.07 Å². The average Bonchev–Trinajstić information content (AvgIpc) is 2.30. The molecule has 94 valence electrons. The number of alkyl halides is 1. The Labute approximate surface area is 118 Å².